The van der Waals surface area contributed by atoms with E-state index < -0.39 is 10.0 Å². The van der Waals surface area contributed by atoms with Crippen LogP contribution in [0.15, 0.2) is 71.6 Å². The number of amides is 1. The second-order valence-electron chi connectivity index (χ2n) is 9.31. The summed E-state index contributed by atoms with van der Waals surface area (Å²) in [7, 11) is -3.94. The normalized spacial score (nSPS) is 14.4. The summed E-state index contributed by atoms with van der Waals surface area (Å²) in [6.45, 7) is 7.10. The van der Waals surface area contributed by atoms with E-state index in [9.17, 15) is 17.6 Å². The van der Waals surface area contributed by atoms with Gasteiger partial charge < -0.3 is 9.80 Å². The zero-order chi connectivity index (χ0) is 25.9. The Balaban J connectivity index is 1.55. The molecule has 0 bridgehead atoms. The van der Waals surface area contributed by atoms with Crippen molar-refractivity contribution in [2.45, 2.75) is 32.2 Å². The molecular formula is C28H32FN3O3S. The van der Waals surface area contributed by atoms with Crippen LogP contribution in [0.2, 0.25) is 0 Å². The van der Waals surface area contributed by atoms with Gasteiger partial charge in [0.25, 0.3) is 0 Å². The molecule has 8 heteroatoms. The molecule has 0 aromatic heterocycles. The molecule has 0 aliphatic carbocycles. The zero-order valence-corrected chi connectivity index (χ0v) is 21.8. The van der Waals surface area contributed by atoms with E-state index in [1.165, 1.54) is 10.4 Å². The molecule has 1 aliphatic rings. The van der Waals surface area contributed by atoms with E-state index in [0.717, 1.165) is 11.1 Å². The fourth-order valence-electron chi connectivity index (χ4n) is 4.87. The van der Waals surface area contributed by atoms with Crippen LogP contribution in [-0.4, -0.2) is 56.3 Å². The van der Waals surface area contributed by atoms with E-state index in [1.807, 2.05) is 54.3 Å². The topological polar surface area (TPSA) is 60.9 Å². The summed E-state index contributed by atoms with van der Waals surface area (Å²) in [6.07, 6.45) is 0. The Hall–Kier alpha value is -3.23. The van der Waals surface area contributed by atoms with Crippen LogP contribution in [0.25, 0.3) is 0 Å². The molecule has 0 saturated carbocycles. The third kappa shape index (κ3) is 5.60. The number of para-hydroxylation sites is 1. The lowest BCUT2D eigenvalue weighted by Gasteiger charge is -2.37. The van der Waals surface area contributed by atoms with Crippen molar-refractivity contribution in [3.63, 3.8) is 0 Å². The molecular weight excluding hydrogens is 477 g/mol. The quantitative estimate of drug-likeness (QED) is 0.477. The van der Waals surface area contributed by atoms with Crippen molar-refractivity contribution in [3.8, 4) is 0 Å². The van der Waals surface area contributed by atoms with Gasteiger partial charge in [-0.3, -0.25) is 4.79 Å². The van der Waals surface area contributed by atoms with Crippen molar-refractivity contribution < 1.29 is 17.6 Å². The molecule has 1 heterocycles. The average Bonchev–Trinajstić information content (AvgIpc) is 2.84. The molecule has 0 atom stereocenters. The van der Waals surface area contributed by atoms with Crippen molar-refractivity contribution in [1.82, 2.24) is 9.21 Å². The Morgan fingerprint density at radius 2 is 1.47 bits per heavy atom. The highest BCUT2D eigenvalue weighted by molar-refractivity contribution is 7.89. The minimum absolute atomic E-state index is 0.0941. The van der Waals surface area contributed by atoms with Gasteiger partial charge in [-0.05, 0) is 49.6 Å². The number of rotatable bonds is 7. The lowest BCUT2D eigenvalue weighted by molar-refractivity contribution is -0.131. The number of sulfonamides is 1. The van der Waals surface area contributed by atoms with Crippen LogP contribution in [-0.2, 0) is 21.4 Å². The highest BCUT2D eigenvalue weighted by Crippen LogP contribution is 2.27. The molecule has 6 nitrogen and oxygen atoms in total. The van der Waals surface area contributed by atoms with E-state index in [0.29, 0.717) is 43.0 Å². The van der Waals surface area contributed by atoms with E-state index in [1.54, 1.807) is 36.9 Å². The molecule has 1 aliphatic heterocycles. The lowest BCUT2D eigenvalue weighted by Crippen LogP contribution is -2.52. The monoisotopic (exact) mass is 509 g/mol. The summed E-state index contributed by atoms with van der Waals surface area (Å²) < 4.78 is 43.2. The summed E-state index contributed by atoms with van der Waals surface area (Å²) >= 11 is 0. The third-order valence-corrected chi connectivity index (χ3v) is 8.64. The van der Waals surface area contributed by atoms with E-state index in [4.69, 9.17) is 0 Å². The Labute approximate surface area is 213 Å². The van der Waals surface area contributed by atoms with E-state index in [2.05, 4.69) is 0 Å². The fraction of sp³-hybridized carbons (Fsp3) is 0.321. The highest BCUT2D eigenvalue weighted by Gasteiger charge is 2.32. The summed E-state index contributed by atoms with van der Waals surface area (Å²) in [5.74, 6) is -0.550. The molecule has 0 unspecified atom stereocenters. The maximum absolute atomic E-state index is 14.2. The van der Waals surface area contributed by atoms with Gasteiger partial charge in [-0.25, -0.2) is 12.8 Å². The summed E-state index contributed by atoms with van der Waals surface area (Å²) in [6, 6.07) is 19.6. The first-order chi connectivity index (χ1) is 17.2. The van der Waals surface area contributed by atoms with Gasteiger partial charge in [0.05, 0.1) is 17.1 Å². The minimum atomic E-state index is -3.94. The number of benzene rings is 3. The molecule has 0 N–H and O–H groups in total. The van der Waals surface area contributed by atoms with Crippen LogP contribution >= 0.6 is 0 Å². The van der Waals surface area contributed by atoms with Crippen LogP contribution in [0.1, 0.15) is 22.3 Å². The lowest BCUT2D eigenvalue weighted by atomic mass is 10.1. The number of hydrogen-bond donors (Lipinski definition) is 0. The molecule has 4 rings (SSSR count). The number of nitrogens with zero attached hydrogens (tertiary/aromatic N) is 3. The SMILES string of the molecule is Cc1cc(C)c(S(=O)(=O)N(CC(=O)N2CCN(c3ccccc3F)CC2)Cc2ccccc2)c(C)c1. The van der Waals surface area contributed by atoms with Gasteiger partial charge in [0.1, 0.15) is 5.82 Å². The largest absolute Gasteiger partial charge is 0.366 e. The molecule has 3 aromatic carbocycles. The van der Waals surface area contributed by atoms with Crippen LogP contribution in [0, 0.1) is 26.6 Å². The van der Waals surface area contributed by atoms with Crippen LogP contribution in [0.5, 0.6) is 0 Å². The van der Waals surface area contributed by atoms with Crippen molar-refractivity contribution in [2.75, 3.05) is 37.6 Å². The number of hydrogen-bond acceptors (Lipinski definition) is 4. The first-order valence-electron chi connectivity index (χ1n) is 12.1. The number of halogens is 1. The van der Waals surface area contributed by atoms with Crippen molar-refractivity contribution >= 4 is 21.6 Å². The Bertz CT molecular complexity index is 1310. The Morgan fingerprint density at radius 1 is 0.889 bits per heavy atom. The third-order valence-electron chi connectivity index (χ3n) is 6.54. The van der Waals surface area contributed by atoms with Crippen LogP contribution in [0.3, 0.4) is 0 Å². The predicted octanol–water partition coefficient (Wildman–Crippen LogP) is 4.29. The molecule has 190 valence electrons. The second-order valence-corrected chi connectivity index (χ2v) is 11.2. The summed E-state index contributed by atoms with van der Waals surface area (Å²) in [5, 5.41) is 0. The molecule has 0 radical (unpaired) electrons. The van der Waals surface area contributed by atoms with Crippen LogP contribution in [0.4, 0.5) is 10.1 Å². The number of carbonyl (C=O) groups excluding carboxylic acids is 1. The standard InChI is InChI=1S/C28H32FN3O3S/c1-21-17-22(2)28(23(3)18-21)36(34,35)32(19-24-9-5-4-6-10-24)20-27(33)31-15-13-30(14-16-31)26-12-8-7-11-25(26)29/h4-12,17-18H,13-16,19-20H2,1-3H3. The molecule has 36 heavy (non-hydrogen) atoms. The summed E-state index contributed by atoms with van der Waals surface area (Å²) in [5.41, 5.74) is 3.64. The smallest absolute Gasteiger partial charge is 0.244 e. The average molecular weight is 510 g/mol. The van der Waals surface area contributed by atoms with Crippen LogP contribution < -0.4 is 4.90 Å². The van der Waals surface area contributed by atoms with Gasteiger partial charge in [-0.2, -0.15) is 4.31 Å². The number of piperazine rings is 1. The van der Waals surface area contributed by atoms with Gasteiger partial charge in [0, 0.05) is 32.7 Å². The molecule has 0 spiro atoms. The van der Waals surface area contributed by atoms with Gasteiger partial charge >= 0.3 is 0 Å². The van der Waals surface area contributed by atoms with Gasteiger partial charge in [0.2, 0.25) is 15.9 Å². The molecule has 1 fully saturated rings. The van der Waals surface area contributed by atoms with Crippen molar-refractivity contribution in [3.05, 3.63) is 94.8 Å². The van der Waals surface area contributed by atoms with Gasteiger partial charge in [-0.1, -0.05) is 60.2 Å². The number of anilines is 1. The fourth-order valence-corrected chi connectivity index (χ4v) is 6.66. The first-order valence-corrected chi connectivity index (χ1v) is 13.5. The van der Waals surface area contributed by atoms with Crippen molar-refractivity contribution in [2.24, 2.45) is 0 Å². The molecule has 1 amide bonds. The summed E-state index contributed by atoms with van der Waals surface area (Å²) in [4.78, 5) is 17.2. The van der Waals surface area contributed by atoms with Gasteiger partial charge in [-0.15, -0.1) is 0 Å². The first kappa shape index (κ1) is 25.9. The Morgan fingerprint density at radius 3 is 2.08 bits per heavy atom. The number of carbonyl (C=O) groups is 1. The van der Waals surface area contributed by atoms with E-state index in [-0.39, 0.29) is 29.7 Å². The zero-order valence-electron chi connectivity index (χ0n) is 20.9. The molecule has 3 aromatic rings. The predicted molar refractivity (Wildman–Crippen MR) is 140 cm³/mol. The highest BCUT2D eigenvalue weighted by atomic mass is 32.2. The minimum Gasteiger partial charge on any atom is -0.366 e. The van der Waals surface area contributed by atoms with E-state index >= 15 is 0 Å². The Kier molecular flexibility index (Phi) is 7.76. The number of aryl methyl sites for hydroxylation is 3. The van der Waals surface area contributed by atoms with Crippen molar-refractivity contribution in [1.29, 1.82) is 0 Å². The van der Waals surface area contributed by atoms with Gasteiger partial charge in [0.15, 0.2) is 0 Å². The maximum atomic E-state index is 14.2. The maximum Gasteiger partial charge on any atom is 0.244 e. The molecule has 1 saturated heterocycles. The second kappa shape index (κ2) is 10.8.